The molecule has 1 spiro atoms. The van der Waals surface area contributed by atoms with Crippen LogP contribution in [0.15, 0.2) is 0 Å². The predicted molar refractivity (Wildman–Crippen MR) is 67.3 cm³/mol. The van der Waals surface area contributed by atoms with Crippen molar-refractivity contribution in [1.82, 2.24) is 0 Å². The molecule has 2 heterocycles. The zero-order chi connectivity index (χ0) is 15.0. The first-order valence-electron chi connectivity index (χ1n) is 6.78. The van der Waals surface area contributed by atoms with Gasteiger partial charge in [-0.2, -0.15) is 5.26 Å². The number of hydrogen-bond acceptors (Lipinski definition) is 6. The lowest BCUT2D eigenvalue weighted by Crippen LogP contribution is -2.50. The molecule has 2 aliphatic rings. The van der Waals surface area contributed by atoms with Crippen molar-refractivity contribution in [1.29, 1.82) is 5.26 Å². The summed E-state index contributed by atoms with van der Waals surface area (Å²) < 4.78 is 16.0. The Kier molecular flexibility index (Phi) is 3.74. The Morgan fingerprint density at radius 2 is 2.25 bits per heavy atom. The van der Waals surface area contributed by atoms with Crippen LogP contribution in [0.3, 0.4) is 0 Å². The van der Waals surface area contributed by atoms with Gasteiger partial charge in [0.25, 0.3) is 0 Å². The fourth-order valence-electron chi connectivity index (χ4n) is 3.14. The van der Waals surface area contributed by atoms with Gasteiger partial charge in [0.2, 0.25) is 0 Å². The summed E-state index contributed by atoms with van der Waals surface area (Å²) in [4.78, 5) is 23.9. The Bertz CT molecular complexity index is 467. The van der Waals surface area contributed by atoms with Crippen molar-refractivity contribution in [2.45, 2.75) is 44.8 Å². The van der Waals surface area contributed by atoms with Crippen molar-refractivity contribution in [2.75, 3.05) is 13.2 Å². The van der Waals surface area contributed by atoms with E-state index in [4.69, 9.17) is 14.2 Å². The molecule has 3 atom stereocenters. The molecule has 0 saturated carbocycles. The zero-order valence-corrected chi connectivity index (χ0v) is 12.0. The van der Waals surface area contributed by atoms with Crippen molar-refractivity contribution >= 4 is 11.9 Å². The fourth-order valence-corrected chi connectivity index (χ4v) is 3.14. The molecule has 6 heteroatoms. The summed E-state index contributed by atoms with van der Waals surface area (Å²) in [5.41, 5.74) is -1.43. The third-order valence-electron chi connectivity index (χ3n) is 3.88. The van der Waals surface area contributed by atoms with Crippen molar-refractivity contribution in [3.05, 3.63) is 0 Å². The van der Waals surface area contributed by atoms with Gasteiger partial charge in [-0.05, 0) is 20.8 Å². The number of ether oxygens (including phenoxy) is 3. The predicted octanol–water partition coefficient (Wildman–Crippen LogP) is 1.19. The second-order valence-electron chi connectivity index (χ2n) is 5.86. The van der Waals surface area contributed by atoms with Crippen LogP contribution in [0, 0.1) is 23.2 Å². The molecule has 2 fully saturated rings. The maximum absolute atomic E-state index is 12.0. The summed E-state index contributed by atoms with van der Waals surface area (Å²) in [6.45, 7) is 5.99. The van der Waals surface area contributed by atoms with E-state index in [0.717, 1.165) is 0 Å². The minimum atomic E-state index is -1.14. The summed E-state index contributed by atoms with van der Waals surface area (Å²) in [6, 6.07) is 2.08. The van der Waals surface area contributed by atoms with Gasteiger partial charge in [-0.1, -0.05) is 0 Å². The molecular weight excluding hydrogens is 262 g/mol. The van der Waals surface area contributed by atoms with E-state index in [9.17, 15) is 14.9 Å². The second-order valence-corrected chi connectivity index (χ2v) is 5.86. The van der Waals surface area contributed by atoms with Crippen LogP contribution in [0.4, 0.5) is 0 Å². The summed E-state index contributed by atoms with van der Waals surface area (Å²) in [6.07, 6.45) is 0.830. The quantitative estimate of drug-likeness (QED) is 0.558. The topological polar surface area (TPSA) is 85.6 Å². The highest BCUT2D eigenvalue weighted by atomic mass is 16.6. The number of carbonyl (C=O) groups is 2. The molecule has 0 aromatic heterocycles. The minimum Gasteiger partial charge on any atom is -0.465 e. The number of esters is 2. The maximum Gasteiger partial charge on any atom is 0.322 e. The highest BCUT2D eigenvalue weighted by Crippen LogP contribution is 2.47. The van der Waals surface area contributed by atoms with Gasteiger partial charge in [-0.15, -0.1) is 0 Å². The van der Waals surface area contributed by atoms with Crippen molar-refractivity contribution in [3.63, 3.8) is 0 Å². The Morgan fingerprint density at radius 1 is 1.55 bits per heavy atom. The number of nitriles is 1. The molecule has 0 unspecified atom stereocenters. The molecule has 0 bridgehead atoms. The normalized spacial score (nSPS) is 35.4. The summed E-state index contributed by atoms with van der Waals surface area (Å²) in [5, 5.41) is 9.43. The van der Waals surface area contributed by atoms with E-state index in [-0.39, 0.29) is 6.61 Å². The molecule has 0 amide bonds. The van der Waals surface area contributed by atoms with Crippen LogP contribution in [0.2, 0.25) is 0 Å². The minimum absolute atomic E-state index is 0.169. The van der Waals surface area contributed by atoms with E-state index in [1.54, 1.807) is 6.92 Å². The van der Waals surface area contributed by atoms with Crippen molar-refractivity contribution in [3.8, 4) is 6.07 Å². The largest absolute Gasteiger partial charge is 0.465 e. The molecule has 2 aliphatic heterocycles. The molecule has 2 rings (SSSR count). The molecule has 0 radical (unpaired) electrons. The number of hydrogen-bond donors (Lipinski definition) is 0. The van der Waals surface area contributed by atoms with E-state index in [1.165, 1.54) is 0 Å². The van der Waals surface area contributed by atoms with E-state index in [2.05, 4.69) is 6.07 Å². The van der Waals surface area contributed by atoms with Crippen LogP contribution in [0.5, 0.6) is 0 Å². The van der Waals surface area contributed by atoms with Crippen molar-refractivity contribution < 1.29 is 23.8 Å². The first-order valence-corrected chi connectivity index (χ1v) is 6.78. The van der Waals surface area contributed by atoms with Crippen LogP contribution < -0.4 is 0 Å². The van der Waals surface area contributed by atoms with Crippen LogP contribution in [0.25, 0.3) is 0 Å². The lowest BCUT2D eigenvalue weighted by molar-refractivity contribution is -0.175. The van der Waals surface area contributed by atoms with Gasteiger partial charge >= 0.3 is 11.9 Å². The highest BCUT2D eigenvalue weighted by molar-refractivity contribution is 5.97. The van der Waals surface area contributed by atoms with Gasteiger partial charge in [0.15, 0.2) is 5.92 Å². The molecule has 0 aromatic carbocycles. The fraction of sp³-hybridized carbons (Fsp3) is 0.786. The molecule has 0 N–H and O–H groups in total. The Morgan fingerprint density at radius 3 is 2.80 bits per heavy atom. The van der Waals surface area contributed by atoms with Gasteiger partial charge < -0.3 is 14.2 Å². The van der Waals surface area contributed by atoms with Crippen molar-refractivity contribution in [2.24, 2.45) is 11.8 Å². The van der Waals surface area contributed by atoms with Crippen LogP contribution in [-0.4, -0.2) is 36.4 Å². The summed E-state index contributed by atoms with van der Waals surface area (Å²) in [7, 11) is 0. The first kappa shape index (κ1) is 14.8. The smallest absolute Gasteiger partial charge is 0.322 e. The summed E-state index contributed by atoms with van der Waals surface area (Å²) in [5.74, 6) is -3.30. The van der Waals surface area contributed by atoms with Gasteiger partial charge in [-0.3, -0.25) is 9.59 Å². The monoisotopic (exact) mass is 281 g/mol. The second kappa shape index (κ2) is 5.06. The lowest BCUT2D eigenvalue weighted by Gasteiger charge is -2.42. The average molecular weight is 281 g/mol. The highest BCUT2D eigenvalue weighted by Gasteiger charge is 2.62. The van der Waals surface area contributed by atoms with Gasteiger partial charge in [-0.25, -0.2) is 0 Å². The molecule has 6 nitrogen and oxygen atoms in total. The Labute approximate surface area is 118 Å². The molecule has 20 heavy (non-hydrogen) atoms. The third kappa shape index (κ3) is 2.38. The zero-order valence-electron chi connectivity index (χ0n) is 12.0. The van der Waals surface area contributed by atoms with Gasteiger partial charge in [0.1, 0.15) is 11.5 Å². The number of nitrogens with zero attached hydrogens (tertiary/aromatic N) is 1. The standard InChI is InChI=1S/C14H19NO5/c1-4-18-11(16)10-9(7-15)14(20-12(10)17)5-6-19-13(2,3)8-14/h9-10H,4-6,8H2,1-3H3/t9-,10+,14+/m1/s1. The SMILES string of the molecule is CCOC(=O)[C@H]1C(=O)O[C@]2(CCOC(C)(C)C2)[C@@H]1C#N. The van der Waals surface area contributed by atoms with E-state index in [0.29, 0.717) is 19.4 Å². The molecule has 2 saturated heterocycles. The Balaban J connectivity index is 2.31. The van der Waals surface area contributed by atoms with Crippen LogP contribution >= 0.6 is 0 Å². The van der Waals surface area contributed by atoms with Gasteiger partial charge in [0, 0.05) is 12.8 Å². The number of carbonyl (C=O) groups excluding carboxylic acids is 2. The molecular formula is C14H19NO5. The third-order valence-corrected chi connectivity index (χ3v) is 3.88. The summed E-state index contributed by atoms with van der Waals surface area (Å²) >= 11 is 0. The maximum atomic E-state index is 12.0. The molecule has 110 valence electrons. The average Bonchev–Trinajstić information content (AvgIpc) is 2.59. The number of rotatable bonds is 2. The van der Waals surface area contributed by atoms with Crippen LogP contribution in [0.1, 0.15) is 33.6 Å². The van der Waals surface area contributed by atoms with E-state index >= 15 is 0 Å². The molecule has 0 aliphatic carbocycles. The lowest BCUT2D eigenvalue weighted by atomic mass is 9.73. The van der Waals surface area contributed by atoms with Crippen LogP contribution in [-0.2, 0) is 23.8 Å². The first-order chi connectivity index (χ1) is 9.35. The Hall–Kier alpha value is -1.61. The van der Waals surface area contributed by atoms with E-state index in [1.807, 2.05) is 13.8 Å². The van der Waals surface area contributed by atoms with E-state index < -0.39 is 35.0 Å². The molecule has 0 aromatic rings. The van der Waals surface area contributed by atoms with Gasteiger partial charge in [0.05, 0.1) is 24.9 Å².